The molecule has 4 rings (SSSR count). The summed E-state index contributed by atoms with van der Waals surface area (Å²) in [5, 5.41) is 0.719. The Hall–Kier alpha value is -2.81. The van der Waals surface area contributed by atoms with Gasteiger partial charge in [0.15, 0.2) is 11.5 Å². The summed E-state index contributed by atoms with van der Waals surface area (Å²) >= 11 is 0. The minimum absolute atomic E-state index is 0.0973. The van der Waals surface area contributed by atoms with Crippen molar-refractivity contribution < 1.29 is 19.0 Å². The number of amides is 1. The van der Waals surface area contributed by atoms with E-state index in [1.165, 1.54) is 0 Å². The van der Waals surface area contributed by atoms with Gasteiger partial charge in [0.1, 0.15) is 11.9 Å². The fraction of sp³-hybridized carbons (Fsp3) is 0.550. The maximum absolute atomic E-state index is 12.7. The summed E-state index contributed by atoms with van der Waals surface area (Å²) in [7, 11) is 3.17. The molecule has 2 aliphatic heterocycles. The molecule has 1 aromatic carbocycles. The van der Waals surface area contributed by atoms with E-state index in [0.717, 1.165) is 31.2 Å². The van der Waals surface area contributed by atoms with E-state index in [9.17, 15) is 4.79 Å². The van der Waals surface area contributed by atoms with Gasteiger partial charge in [-0.1, -0.05) is 0 Å². The lowest BCUT2D eigenvalue weighted by Gasteiger charge is -2.24. The van der Waals surface area contributed by atoms with Crippen molar-refractivity contribution in [2.45, 2.75) is 25.4 Å². The molecule has 29 heavy (non-hydrogen) atoms. The number of hydrogen-bond donors (Lipinski definition) is 1. The standard InChI is InChI=1S/C20H27N5O4/c1-27-16-11-13-14(12-17(16)28-2)22-20(23-18(13)21)25-7-4-6-24(8-9-25)19(26)15-5-3-10-29-15/h11-12,15H,3-10H2,1-2H3,(H2,21,22,23). The lowest BCUT2D eigenvalue weighted by molar-refractivity contribution is -0.140. The molecule has 1 atom stereocenters. The summed E-state index contributed by atoms with van der Waals surface area (Å²) < 4.78 is 16.3. The first-order valence-electron chi connectivity index (χ1n) is 9.95. The van der Waals surface area contributed by atoms with Crippen LogP contribution in [0.2, 0.25) is 0 Å². The molecule has 2 fully saturated rings. The zero-order valence-corrected chi connectivity index (χ0v) is 16.9. The van der Waals surface area contributed by atoms with Crippen molar-refractivity contribution in [3.63, 3.8) is 0 Å². The number of carbonyl (C=O) groups is 1. The highest BCUT2D eigenvalue weighted by molar-refractivity contribution is 5.91. The smallest absolute Gasteiger partial charge is 0.251 e. The lowest BCUT2D eigenvalue weighted by atomic mass is 10.2. The molecule has 2 aromatic rings. The number of carbonyl (C=O) groups excluding carboxylic acids is 1. The van der Waals surface area contributed by atoms with Crippen molar-refractivity contribution in [1.82, 2.24) is 14.9 Å². The molecule has 3 heterocycles. The molecule has 0 bridgehead atoms. The Kier molecular flexibility index (Phi) is 5.57. The van der Waals surface area contributed by atoms with Crippen molar-refractivity contribution in [2.75, 3.05) is 57.6 Å². The van der Waals surface area contributed by atoms with Gasteiger partial charge in [-0.05, 0) is 25.3 Å². The third kappa shape index (κ3) is 3.87. The topological polar surface area (TPSA) is 103 Å². The van der Waals surface area contributed by atoms with Crippen LogP contribution in [0.25, 0.3) is 10.9 Å². The number of nitrogen functional groups attached to an aromatic ring is 1. The highest BCUT2D eigenvalue weighted by Crippen LogP contribution is 2.34. The Bertz CT molecular complexity index is 900. The van der Waals surface area contributed by atoms with Crippen molar-refractivity contribution in [3.8, 4) is 11.5 Å². The average Bonchev–Trinajstić information content (AvgIpc) is 3.16. The third-order valence-electron chi connectivity index (χ3n) is 5.51. The Morgan fingerprint density at radius 3 is 2.62 bits per heavy atom. The zero-order valence-electron chi connectivity index (χ0n) is 16.9. The number of aromatic nitrogens is 2. The second kappa shape index (κ2) is 8.28. The van der Waals surface area contributed by atoms with E-state index in [-0.39, 0.29) is 12.0 Å². The van der Waals surface area contributed by atoms with Crippen LogP contribution in [0.5, 0.6) is 11.5 Å². The van der Waals surface area contributed by atoms with Gasteiger partial charge in [-0.15, -0.1) is 0 Å². The van der Waals surface area contributed by atoms with Gasteiger partial charge >= 0.3 is 0 Å². The fourth-order valence-electron chi connectivity index (χ4n) is 3.92. The van der Waals surface area contributed by atoms with E-state index in [2.05, 4.69) is 9.88 Å². The summed E-state index contributed by atoms with van der Waals surface area (Å²) in [5.41, 5.74) is 6.92. The van der Waals surface area contributed by atoms with Crippen LogP contribution in [0, 0.1) is 0 Å². The summed E-state index contributed by atoms with van der Waals surface area (Å²) in [6.07, 6.45) is 2.33. The maximum atomic E-state index is 12.7. The largest absolute Gasteiger partial charge is 0.493 e. The Morgan fingerprint density at radius 2 is 1.90 bits per heavy atom. The summed E-state index contributed by atoms with van der Waals surface area (Å²) in [5.74, 6) is 2.23. The molecule has 9 heteroatoms. The number of fused-ring (bicyclic) bond motifs is 1. The van der Waals surface area contributed by atoms with E-state index in [0.29, 0.717) is 55.0 Å². The minimum atomic E-state index is -0.281. The van der Waals surface area contributed by atoms with E-state index < -0.39 is 0 Å². The number of methoxy groups -OCH3 is 2. The molecular weight excluding hydrogens is 374 g/mol. The third-order valence-corrected chi connectivity index (χ3v) is 5.51. The van der Waals surface area contributed by atoms with E-state index >= 15 is 0 Å². The normalized spacial score (nSPS) is 20.0. The predicted molar refractivity (Wildman–Crippen MR) is 109 cm³/mol. The first-order chi connectivity index (χ1) is 14.1. The number of nitrogens with zero attached hydrogens (tertiary/aromatic N) is 4. The molecule has 156 valence electrons. The number of rotatable bonds is 4. The molecule has 1 unspecified atom stereocenters. The van der Waals surface area contributed by atoms with Crippen molar-refractivity contribution in [1.29, 1.82) is 0 Å². The van der Waals surface area contributed by atoms with Gasteiger partial charge in [0, 0.05) is 44.2 Å². The van der Waals surface area contributed by atoms with Crippen LogP contribution in [-0.4, -0.2) is 73.9 Å². The Labute approximate surface area is 169 Å². The first-order valence-corrected chi connectivity index (χ1v) is 9.95. The van der Waals surface area contributed by atoms with Crippen LogP contribution in [0.15, 0.2) is 12.1 Å². The number of hydrogen-bond acceptors (Lipinski definition) is 8. The number of benzene rings is 1. The van der Waals surface area contributed by atoms with Gasteiger partial charge in [0.25, 0.3) is 5.91 Å². The highest BCUT2D eigenvalue weighted by Gasteiger charge is 2.29. The van der Waals surface area contributed by atoms with Crippen molar-refractivity contribution in [2.24, 2.45) is 0 Å². The molecular formula is C20H27N5O4. The van der Waals surface area contributed by atoms with E-state index in [1.807, 2.05) is 4.90 Å². The van der Waals surface area contributed by atoms with Crippen molar-refractivity contribution in [3.05, 3.63) is 12.1 Å². The van der Waals surface area contributed by atoms with E-state index in [4.69, 9.17) is 24.9 Å². The molecule has 0 aliphatic carbocycles. The van der Waals surface area contributed by atoms with Crippen LogP contribution in [0.4, 0.5) is 11.8 Å². The first kappa shape index (κ1) is 19.5. The maximum Gasteiger partial charge on any atom is 0.251 e. The van der Waals surface area contributed by atoms with E-state index in [1.54, 1.807) is 26.4 Å². The van der Waals surface area contributed by atoms with Gasteiger partial charge in [-0.3, -0.25) is 4.79 Å². The Balaban J connectivity index is 1.55. The van der Waals surface area contributed by atoms with Crippen molar-refractivity contribution >= 4 is 28.6 Å². The Morgan fingerprint density at radius 1 is 1.10 bits per heavy atom. The van der Waals surface area contributed by atoms with Crippen LogP contribution < -0.4 is 20.1 Å². The molecule has 2 aliphatic rings. The molecule has 2 N–H and O–H groups in total. The zero-order chi connectivity index (χ0) is 20.4. The summed E-state index contributed by atoms with van der Waals surface area (Å²) in [6, 6.07) is 3.60. The van der Waals surface area contributed by atoms with Gasteiger partial charge in [0.2, 0.25) is 5.95 Å². The quantitative estimate of drug-likeness (QED) is 0.821. The molecule has 9 nitrogen and oxygen atoms in total. The molecule has 2 saturated heterocycles. The summed E-state index contributed by atoms with van der Waals surface area (Å²) in [4.78, 5) is 25.9. The van der Waals surface area contributed by atoms with Gasteiger partial charge in [-0.2, -0.15) is 4.98 Å². The second-order valence-corrected chi connectivity index (χ2v) is 7.30. The number of anilines is 2. The molecule has 0 radical (unpaired) electrons. The van der Waals surface area contributed by atoms with Crippen LogP contribution in [0.1, 0.15) is 19.3 Å². The van der Waals surface area contributed by atoms with Crippen LogP contribution >= 0.6 is 0 Å². The number of nitrogens with two attached hydrogens (primary N) is 1. The molecule has 1 amide bonds. The summed E-state index contributed by atoms with van der Waals surface area (Å²) in [6.45, 7) is 3.41. The van der Waals surface area contributed by atoms with Crippen LogP contribution in [0.3, 0.4) is 0 Å². The minimum Gasteiger partial charge on any atom is -0.493 e. The lowest BCUT2D eigenvalue weighted by Crippen LogP contribution is -2.41. The molecule has 1 aromatic heterocycles. The average molecular weight is 401 g/mol. The predicted octanol–water partition coefficient (Wildman–Crippen LogP) is 1.45. The van der Waals surface area contributed by atoms with Gasteiger partial charge < -0.3 is 29.7 Å². The molecule has 0 saturated carbocycles. The monoisotopic (exact) mass is 401 g/mol. The van der Waals surface area contributed by atoms with Crippen LogP contribution in [-0.2, 0) is 9.53 Å². The SMILES string of the molecule is COc1cc2nc(N3CCCN(C(=O)C4CCCO4)CC3)nc(N)c2cc1OC. The molecule has 0 spiro atoms. The number of ether oxygens (including phenoxy) is 3. The highest BCUT2D eigenvalue weighted by atomic mass is 16.5. The van der Waals surface area contributed by atoms with Gasteiger partial charge in [-0.25, -0.2) is 4.98 Å². The van der Waals surface area contributed by atoms with Gasteiger partial charge in [0.05, 0.1) is 19.7 Å². The fourth-order valence-corrected chi connectivity index (χ4v) is 3.92. The second-order valence-electron chi connectivity index (χ2n) is 7.30.